The molecule has 3 heterocycles. The number of hydrogen-bond acceptors (Lipinski definition) is 12. The Kier molecular flexibility index (Phi) is 18.4. The first-order valence-electron chi connectivity index (χ1n) is 21.2. The minimum Gasteiger partial charge on any atom is -0.494 e. The van der Waals surface area contributed by atoms with Gasteiger partial charge in [0.25, 0.3) is 5.91 Å². The second kappa shape index (κ2) is 23.6. The summed E-state index contributed by atoms with van der Waals surface area (Å²) in [4.78, 5) is 119. The number of carbonyl (C=O) groups is 8. The van der Waals surface area contributed by atoms with Crippen molar-refractivity contribution < 1.29 is 53.3 Å². The molecular weight excluding hydrogens is 837 g/mol. The van der Waals surface area contributed by atoms with Gasteiger partial charge in [-0.05, 0) is 63.0 Å². The molecular formula is C41H60N12O11. The lowest BCUT2D eigenvalue weighted by Crippen LogP contribution is -2.57. The number of H-pyrrole nitrogens is 1. The molecule has 0 spiro atoms. The molecule has 350 valence electrons. The average molecular weight is 897 g/mol. The number of amides is 6. The molecule has 0 unspecified atom stereocenters. The lowest BCUT2D eigenvalue weighted by atomic mass is 9.97. The van der Waals surface area contributed by atoms with Gasteiger partial charge in [-0.1, -0.05) is 26.3 Å². The number of ether oxygens (including phenoxy) is 1. The zero-order valence-electron chi connectivity index (χ0n) is 36.2. The van der Waals surface area contributed by atoms with Gasteiger partial charge in [0, 0.05) is 44.4 Å². The lowest BCUT2D eigenvalue weighted by Gasteiger charge is -2.30. The van der Waals surface area contributed by atoms with Crippen molar-refractivity contribution >= 4 is 59.0 Å². The van der Waals surface area contributed by atoms with Gasteiger partial charge in [0.1, 0.15) is 30.2 Å². The number of carboxylic acid groups (broad SMARTS) is 2. The van der Waals surface area contributed by atoms with E-state index in [9.17, 15) is 43.5 Å². The number of hydrogen-bond donors (Lipinski definition) is 10. The largest absolute Gasteiger partial charge is 0.494 e. The molecule has 2 aliphatic rings. The number of rotatable bonds is 23. The fourth-order valence-corrected chi connectivity index (χ4v) is 7.69. The highest BCUT2D eigenvalue weighted by Gasteiger charge is 2.41. The van der Waals surface area contributed by atoms with Gasteiger partial charge in [-0.2, -0.15) is 0 Å². The zero-order valence-corrected chi connectivity index (χ0v) is 36.2. The quantitative estimate of drug-likeness (QED) is 0.0364. The van der Waals surface area contributed by atoms with Gasteiger partial charge in [0.2, 0.25) is 29.5 Å². The van der Waals surface area contributed by atoms with Gasteiger partial charge in [0.05, 0.1) is 30.7 Å². The Hall–Kier alpha value is -6.78. The van der Waals surface area contributed by atoms with E-state index in [1.54, 1.807) is 6.92 Å². The maximum Gasteiger partial charge on any atom is 0.326 e. The third-order valence-electron chi connectivity index (χ3n) is 11.3. The first-order valence-corrected chi connectivity index (χ1v) is 21.2. The van der Waals surface area contributed by atoms with Crippen LogP contribution in [-0.2, 0) is 40.0 Å². The number of methoxy groups -OCH3 is 1. The van der Waals surface area contributed by atoms with Crippen LogP contribution in [0.25, 0.3) is 0 Å². The first-order chi connectivity index (χ1) is 30.5. The smallest absolute Gasteiger partial charge is 0.326 e. The Labute approximate surface area is 369 Å². The molecule has 7 atom stereocenters. The second-order valence-electron chi connectivity index (χ2n) is 15.8. The number of nitrogens with zero attached hydrogens (tertiary/aromatic N) is 4. The number of benzene rings is 1. The predicted octanol–water partition coefficient (Wildman–Crippen LogP) is -0.974. The number of aromatic nitrogens is 2. The number of para-hydroxylation sites is 1. The Balaban J connectivity index is 1.52. The van der Waals surface area contributed by atoms with E-state index in [0.717, 1.165) is 0 Å². The van der Waals surface area contributed by atoms with Crippen molar-refractivity contribution in [3.63, 3.8) is 0 Å². The Morgan fingerprint density at radius 3 is 2.20 bits per heavy atom. The molecule has 2 aliphatic heterocycles. The molecule has 23 nitrogen and oxygen atoms in total. The first kappa shape index (κ1) is 49.9. The molecule has 0 bridgehead atoms. The molecule has 0 saturated carbocycles. The van der Waals surface area contributed by atoms with E-state index in [1.807, 2.05) is 6.92 Å². The summed E-state index contributed by atoms with van der Waals surface area (Å²) in [7, 11) is 1.29. The molecule has 2 aromatic rings. The number of carbonyl (C=O) groups excluding carboxylic acids is 6. The summed E-state index contributed by atoms with van der Waals surface area (Å²) in [5.74, 6) is -6.90. The number of aliphatic carboxylic acids is 2. The molecule has 23 heteroatoms. The van der Waals surface area contributed by atoms with Crippen LogP contribution in [0, 0.1) is 5.92 Å². The SMILES string of the molecule is CC[C@H](C)[C@H](NC(=O)c1cccc(NC(=O)[C@@H]2CCCN2C(=O)[C@H](CCCN=C(N)N)NC(=O)[C@@H](N)CCC(=O)O)c1OC)C(=O)N[C@@H](Cc1cnc[nH]1)C(=O)N1CCC[C@H]1C(=O)O. The highest BCUT2D eigenvalue weighted by atomic mass is 16.5. The number of likely N-dealkylation sites (tertiary alicyclic amines) is 2. The number of nitrogens with two attached hydrogens (primary N) is 3. The third kappa shape index (κ3) is 13.4. The van der Waals surface area contributed by atoms with E-state index in [-0.39, 0.29) is 87.5 Å². The van der Waals surface area contributed by atoms with Crippen LogP contribution in [-0.4, -0.2) is 146 Å². The van der Waals surface area contributed by atoms with Crippen LogP contribution in [0.1, 0.15) is 87.7 Å². The molecule has 4 rings (SSSR count). The molecule has 13 N–H and O–H groups in total. The number of guanidine groups is 1. The molecule has 1 aromatic carbocycles. The minimum atomic E-state index is -1.21. The summed E-state index contributed by atoms with van der Waals surface area (Å²) in [5.41, 5.74) is 17.3. The van der Waals surface area contributed by atoms with Gasteiger partial charge >= 0.3 is 11.9 Å². The van der Waals surface area contributed by atoms with Crippen molar-refractivity contribution in [1.82, 2.24) is 35.7 Å². The van der Waals surface area contributed by atoms with Crippen molar-refractivity contribution in [3.8, 4) is 5.75 Å². The second-order valence-corrected chi connectivity index (χ2v) is 15.8. The Morgan fingerprint density at radius 2 is 1.59 bits per heavy atom. The van der Waals surface area contributed by atoms with Gasteiger partial charge in [0.15, 0.2) is 11.7 Å². The van der Waals surface area contributed by atoms with Crippen molar-refractivity contribution in [2.75, 3.05) is 32.1 Å². The lowest BCUT2D eigenvalue weighted by molar-refractivity contribution is -0.149. The van der Waals surface area contributed by atoms with E-state index in [0.29, 0.717) is 25.0 Å². The van der Waals surface area contributed by atoms with Gasteiger partial charge in [-0.25, -0.2) is 9.78 Å². The van der Waals surface area contributed by atoms with Crippen LogP contribution < -0.4 is 43.2 Å². The fraction of sp³-hybridized carbons (Fsp3) is 0.561. The van der Waals surface area contributed by atoms with Crippen LogP contribution in [0.2, 0.25) is 0 Å². The molecule has 2 saturated heterocycles. The number of nitrogens with one attached hydrogen (secondary N) is 5. The van der Waals surface area contributed by atoms with E-state index < -0.39 is 89.6 Å². The van der Waals surface area contributed by atoms with E-state index >= 15 is 0 Å². The predicted molar refractivity (Wildman–Crippen MR) is 230 cm³/mol. The van der Waals surface area contributed by atoms with Crippen LogP contribution in [0.15, 0.2) is 35.7 Å². The third-order valence-corrected chi connectivity index (χ3v) is 11.3. The highest BCUT2D eigenvalue weighted by Crippen LogP contribution is 2.31. The molecule has 1 aromatic heterocycles. The van der Waals surface area contributed by atoms with Gasteiger partial charge < -0.3 is 68.2 Å². The van der Waals surface area contributed by atoms with Crippen molar-refractivity contribution in [2.24, 2.45) is 28.1 Å². The minimum absolute atomic E-state index is 0.0222. The van der Waals surface area contributed by atoms with Gasteiger partial charge in [-0.3, -0.25) is 38.6 Å². The monoisotopic (exact) mass is 896 g/mol. The summed E-state index contributed by atoms with van der Waals surface area (Å²) in [6, 6.07) is -2.36. The molecule has 0 radical (unpaired) electrons. The number of anilines is 1. The number of aliphatic imine (C=N–C) groups is 1. The van der Waals surface area contributed by atoms with Crippen molar-refractivity contribution in [3.05, 3.63) is 42.0 Å². The standard InChI is InChI=1S/C41H60N12O11/c1-4-22(2)32(37(59)50-28(19-23-20-45-21-47-23)39(61)53-18-8-13-30(53)40(62)63)51-34(56)24-9-5-10-26(33(24)64-3)48-36(58)29-12-7-17-52(29)38(60)27(11-6-16-46-41(43)44)49-35(57)25(42)14-15-31(54)55/h5,9-10,20-22,25,27-30,32H,4,6-8,11-19,42H2,1-3H3,(H,45,47)(H,48,58)(H,49,57)(H,50,59)(H,51,56)(H,54,55)(H,62,63)(H4,43,44,46)/t22-,25-,27-,28-,29-,30-,32-/m0/s1. The van der Waals surface area contributed by atoms with Crippen LogP contribution in [0.3, 0.4) is 0 Å². The molecule has 0 aliphatic carbocycles. The average Bonchev–Trinajstić information content (AvgIpc) is 4.08. The highest BCUT2D eigenvalue weighted by molar-refractivity contribution is 6.05. The number of aromatic amines is 1. The zero-order chi connectivity index (χ0) is 47.1. The van der Waals surface area contributed by atoms with Crippen LogP contribution in [0.5, 0.6) is 5.75 Å². The summed E-state index contributed by atoms with van der Waals surface area (Å²) in [6.07, 6.45) is 4.58. The van der Waals surface area contributed by atoms with Crippen LogP contribution in [0.4, 0.5) is 5.69 Å². The normalized spacial score (nSPS) is 18.1. The maximum atomic E-state index is 14.1. The van der Waals surface area contributed by atoms with E-state index in [4.69, 9.17) is 27.0 Å². The van der Waals surface area contributed by atoms with E-state index in [2.05, 4.69) is 36.2 Å². The van der Waals surface area contributed by atoms with Crippen LogP contribution >= 0.6 is 0 Å². The number of imidazole rings is 1. The number of carboxylic acids is 2. The molecule has 6 amide bonds. The molecule has 64 heavy (non-hydrogen) atoms. The van der Waals surface area contributed by atoms with Crippen molar-refractivity contribution in [1.29, 1.82) is 0 Å². The maximum absolute atomic E-state index is 14.1. The summed E-state index contributed by atoms with van der Waals surface area (Å²) < 4.78 is 5.63. The topological polar surface area (TPSA) is 360 Å². The summed E-state index contributed by atoms with van der Waals surface area (Å²) in [6.45, 7) is 4.08. The molecule has 2 fully saturated rings. The van der Waals surface area contributed by atoms with Gasteiger partial charge in [-0.15, -0.1) is 0 Å². The Bertz CT molecular complexity index is 2030. The summed E-state index contributed by atoms with van der Waals surface area (Å²) in [5, 5.41) is 29.7. The Morgan fingerprint density at radius 1 is 0.938 bits per heavy atom. The van der Waals surface area contributed by atoms with E-state index in [1.165, 1.54) is 47.6 Å². The fourth-order valence-electron chi connectivity index (χ4n) is 7.69. The van der Waals surface area contributed by atoms with Crippen molar-refractivity contribution in [2.45, 2.75) is 114 Å². The summed E-state index contributed by atoms with van der Waals surface area (Å²) >= 11 is 0.